The molecular weight excluding hydrogens is 292 g/mol. The van der Waals surface area contributed by atoms with Gasteiger partial charge in [-0.1, -0.05) is 23.6 Å². The van der Waals surface area contributed by atoms with Gasteiger partial charge in [-0.3, -0.25) is 9.36 Å². The first kappa shape index (κ1) is 13.2. The largest absolute Gasteiger partial charge is 0.351 e. The lowest BCUT2D eigenvalue weighted by atomic mass is 10.3. The van der Waals surface area contributed by atoms with Crippen LogP contribution in [0.15, 0.2) is 46.2 Å². The minimum Gasteiger partial charge on any atom is -0.280 e. The van der Waals surface area contributed by atoms with Crippen LogP contribution in [0.25, 0.3) is 11.3 Å². The van der Waals surface area contributed by atoms with Gasteiger partial charge in [0, 0.05) is 17.4 Å². The highest BCUT2D eigenvalue weighted by Gasteiger charge is 2.12. The van der Waals surface area contributed by atoms with E-state index in [2.05, 4.69) is 11.0 Å². The Kier molecular flexibility index (Phi) is 3.12. The molecule has 1 aromatic carbocycles. The molecule has 0 saturated carbocycles. The van der Waals surface area contributed by atoms with Gasteiger partial charge >= 0.3 is 11.2 Å². The van der Waals surface area contributed by atoms with Crippen LogP contribution in [-0.2, 0) is 6.54 Å². The van der Waals surface area contributed by atoms with Gasteiger partial charge in [0.05, 0.1) is 5.69 Å². The Bertz CT molecular complexity index is 991. The summed E-state index contributed by atoms with van der Waals surface area (Å²) in [5, 5.41) is 4.48. The van der Waals surface area contributed by atoms with E-state index in [9.17, 15) is 9.59 Å². The van der Waals surface area contributed by atoms with Crippen LogP contribution in [0.3, 0.4) is 0 Å². The van der Waals surface area contributed by atoms with Gasteiger partial charge in [-0.15, -0.1) is 11.5 Å². The Morgan fingerprint density at radius 1 is 1.29 bits per heavy atom. The molecule has 0 amide bonds. The van der Waals surface area contributed by atoms with E-state index in [1.807, 2.05) is 0 Å². The van der Waals surface area contributed by atoms with E-state index in [1.165, 1.54) is 21.4 Å². The average molecular weight is 301 g/mol. The van der Waals surface area contributed by atoms with E-state index >= 15 is 0 Å². The van der Waals surface area contributed by atoms with Crippen molar-refractivity contribution in [3.8, 4) is 18.0 Å². The molecule has 0 fully saturated rings. The Labute approximate surface area is 123 Å². The van der Waals surface area contributed by atoms with Crippen molar-refractivity contribution in [3.05, 3.63) is 62.5 Å². The quantitative estimate of drug-likeness (QED) is 0.662. The summed E-state index contributed by atoms with van der Waals surface area (Å²) in [5.74, 6) is 2.32. The molecule has 0 unspecified atom stereocenters. The average Bonchev–Trinajstić information content (AvgIpc) is 2.78. The van der Waals surface area contributed by atoms with Gasteiger partial charge in [-0.2, -0.15) is 0 Å². The van der Waals surface area contributed by atoms with Gasteiger partial charge < -0.3 is 0 Å². The molecule has 0 atom stereocenters. The van der Waals surface area contributed by atoms with Crippen molar-refractivity contribution in [2.45, 2.75) is 6.54 Å². The highest BCUT2D eigenvalue weighted by Crippen LogP contribution is 2.13. The second-order valence-corrected chi connectivity index (χ2v) is 4.73. The molecule has 7 heteroatoms. The third kappa shape index (κ3) is 2.14. The Balaban J connectivity index is 2.29. The number of nitrogens with zero attached hydrogens (tertiary/aromatic N) is 4. The third-order valence-electron chi connectivity index (χ3n) is 2.97. The van der Waals surface area contributed by atoms with Gasteiger partial charge in [0.1, 0.15) is 6.54 Å². The van der Waals surface area contributed by atoms with Crippen LogP contribution >= 0.6 is 11.6 Å². The molecule has 3 rings (SSSR count). The van der Waals surface area contributed by atoms with Crippen LogP contribution in [0.5, 0.6) is 0 Å². The van der Waals surface area contributed by atoms with E-state index in [0.717, 1.165) is 4.68 Å². The molecule has 0 N–H and O–H groups in total. The molecule has 0 aliphatic carbocycles. The lowest BCUT2D eigenvalue weighted by Gasteiger charge is -2.05. The lowest BCUT2D eigenvalue weighted by molar-refractivity contribution is 0.684. The van der Waals surface area contributed by atoms with E-state index in [4.69, 9.17) is 18.0 Å². The molecule has 2 aromatic heterocycles. The molecular formula is C14H9ClN4O2. The zero-order valence-electron chi connectivity index (χ0n) is 10.7. The van der Waals surface area contributed by atoms with Crippen LogP contribution in [0.4, 0.5) is 0 Å². The number of benzene rings is 1. The fourth-order valence-electron chi connectivity index (χ4n) is 2.03. The lowest BCUT2D eigenvalue weighted by Crippen LogP contribution is -2.24. The fourth-order valence-corrected chi connectivity index (χ4v) is 2.21. The zero-order valence-corrected chi connectivity index (χ0v) is 11.5. The number of rotatable bonds is 2. The highest BCUT2D eigenvalue weighted by molar-refractivity contribution is 6.30. The zero-order chi connectivity index (χ0) is 15.0. The number of hydrogen-bond donors (Lipinski definition) is 0. The van der Waals surface area contributed by atoms with Gasteiger partial charge in [-0.25, -0.2) is 13.9 Å². The predicted octanol–water partition coefficient (Wildman–Crippen LogP) is 0.933. The number of aromatic nitrogens is 4. The van der Waals surface area contributed by atoms with E-state index in [0.29, 0.717) is 10.7 Å². The third-order valence-corrected chi connectivity index (χ3v) is 3.21. The van der Waals surface area contributed by atoms with Crippen LogP contribution in [-0.4, -0.2) is 18.7 Å². The van der Waals surface area contributed by atoms with Gasteiger partial charge in [0.2, 0.25) is 5.65 Å². The smallest absolute Gasteiger partial charge is 0.280 e. The number of terminal acetylenes is 1. The maximum Gasteiger partial charge on any atom is 0.351 e. The first-order valence-corrected chi connectivity index (χ1v) is 6.40. The Morgan fingerprint density at radius 3 is 2.81 bits per heavy atom. The minimum atomic E-state index is -0.446. The van der Waals surface area contributed by atoms with E-state index in [-0.39, 0.29) is 12.2 Å². The van der Waals surface area contributed by atoms with E-state index in [1.54, 1.807) is 24.3 Å². The second kappa shape index (κ2) is 4.96. The normalized spacial score (nSPS) is 10.7. The molecule has 0 spiro atoms. The number of hydrogen-bond acceptors (Lipinski definition) is 3. The summed E-state index contributed by atoms with van der Waals surface area (Å²) >= 11 is 5.92. The standard InChI is InChI=1S/C14H9ClN4O2/c1-2-6-19-14(21)18-8-7-17(13(20)12(18)16-19)11-5-3-4-10(15)9-11/h1,3-5,7-9H,6H2. The molecule has 0 saturated heterocycles. The van der Waals surface area contributed by atoms with Gasteiger partial charge in [0.15, 0.2) is 0 Å². The monoisotopic (exact) mass is 300 g/mol. The van der Waals surface area contributed by atoms with Crippen molar-refractivity contribution in [2.75, 3.05) is 0 Å². The highest BCUT2D eigenvalue weighted by atomic mass is 35.5. The van der Waals surface area contributed by atoms with Crippen molar-refractivity contribution in [2.24, 2.45) is 0 Å². The summed E-state index contributed by atoms with van der Waals surface area (Å²) < 4.78 is 3.60. The summed E-state index contributed by atoms with van der Waals surface area (Å²) in [7, 11) is 0. The summed E-state index contributed by atoms with van der Waals surface area (Å²) in [6.45, 7) is 0.0110. The molecule has 0 radical (unpaired) electrons. The Hall–Kier alpha value is -2.78. The molecule has 0 bridgehead atoms. The SMILES string of the molecule is C#CCn1nc2c(=O)n(-c3cccc(Cl)c3)ccn2c1=O. The van der Waals surface area contributed by atoms with Crippen molar-refractivity contribution < 1.29 is 0 Å². The van der Waals surface area contributed by atoms with Crippen LogP contribution < -0.4 is 11.2 Å². The first-order chi connectivity index (χ1) is 10.1. The van der Waals surface area contributed by atoms with Crippen molar-refractivity contribution in [3.63, 3.8) is 0 Å². The van der Waals surface area contributed by atoms with Gasteiger partial charge in [-0.05, 0) is 18.2 Å². The first-order valence-electron chi connectivity index (χ1n) is 6.02. The molecule has 21 heavy (non-hydrogen) atoms. The van der Waals surface area contributed by atoms with Crippen molar-refractivity contribution >= 4 is 17.2 Å². The maximum atomic E-state index is 12.4. The minimum absolute atomic E-state index is 0.0110. The summed E-state index contributed by atoms with van der Waals surface area (Å²) in [6, 6.07) is 6.83. The molecule has 104 valence electrons. The number of halogens is 1. The molecule has 3 aromatic rings. The molecule has 6 nitrogen and oxygen atoms in total. The molecule has 2 heterocycles. The van der Waals surface area contributed by atoms with Crippen LogP contribution in [0, 0.1) is 12.3 Å². The van der Waals surface area contributed by atoms with E-state index < -0.39 is 11.2 Å². The number of fused-ring (bicyclic) bond motifs is 1. The second-order valence-electron chi connectivity index (χ2n) is 4.29. The summed E-state index contributed by atoms with van der Waals surface area (Å²) in [4.78, 5) is 24.4. The topological polar surface area (TPSA) is 61.3 Å². The molecule has 0 aliphatic rings. The van der Waals surface area contributed by atoms with Crippen molar-refractivity contribution in [1.29, 1.82) is 0 Å². The van der Waals surface area contributed by atoms with Crippen molar-refractivity contribution in [1.82, 2.24) is 18.7 Å². The Morgan fingerprint density at radius 2 is 2.10 bits per heavy atom. The van der Waals surface area contributed by atoms with Gasteiger partial charge in [0.25, 0.3) is 0 Å². The summed E-state index contributed by atoms with van der Waals surface area (Å²) in [6.07, 6.45) is 8.13. The fraction of sp³-hybridized carbons (Fsp3) is 0.0714. The maximum absolute atomic E-state index is 12.4. The van der Waals surface area contributed by atoms with Crippen LogP contribution in [0.1, 0.15) is 0 Å². The summed E-state index contributed by atoms with van der Waals surface area (Å²) in [5.41, 5.74) is -0.266. The predicted molar refractivity (Wildman–Crippen MR) is 78.9 cm³/mol. The molecule has 0 aliphatic heterocycles. The van der Waals surface area contributed by atoms with Crippen LogP contribution in [0.2, 0.25) is 5.02 Å².